The Morgan fingerprint density at radius 1 is 1.12 bits per heavy atom. The molecule has 1 N–H and O–H groups in total. The molecule has 2 rings (SSSR count). The van der Waals surface area contributed by atoms with Crippen LogP contribution in [0, 0.1) is 5.41 Å². The third-order valence-electron chi connectivity index (χ3n) is 2.94. The number of fused-ring (bicyclic) bond motifs is 1. The van der Waals surface area contributed by atoms with Crippen LogP contribution in [0.2, 0.25) is 0 Å². The zero-order valence-corrected chi connectivity index (χ0v) is 10.8. The van der Waals surface area contributed by atoms with Crippen molar-refractivity contribution in [3.8, 4) is 0 Å². The quantitative estimate of drug-likeness (QED) is 0.735. The molecule has 0 aliphatic heterocycles. The maximum absolute atomic E-state index is 7.62. The minimum Gasteiger partial charge on any atom is -0.303 e. The molecule has 0 fully saturated rings. The summed E-state index contributed by atoms with van der Waals surface area (Å²) in [5, 5.41) is 8.75. The molecule has 0 bridgehead atoms. The van der Waals surface area contributed by atoms with Crippen molar-refractivity contribution in [2.24, 2.45) is 0 Å². The lowest BCUT2D eigenvalue weighted by Gasteiger charge is -2.19. The minimum atomic E-state index is 0.131. The van der Waals surface area contributed by atoms with Crippen LogP contribution in [0.3, 0.4) is 0 Å². The van der Waals surface area contributed by atoms with Crippen LogP contribution in [-0.4, -0.2) is 10.7 Å². The molecule has 1 aromatic carbocycles. The Hall–Kier alpha value is -1.70. The van der Waals surface area contributed by atoms with Gasteiger partial charge in [-0.05, 0) is 30.0 Å². The lowest BCUT2D eigenvalue weighted by molar-refractivity contribution is 0.591. The van der Waals surface area contributed by atoms with Gasteiger partial charge in [-0.3, -0.25) is 0 Å². The molecule has 0 saturated heterocycles. The van der Waals surface area contributed by atoms with Crippen LogP contribution in [0.1, 0.15) is 39.0 Å². The Labute approximate surface area is 102 Å². The van der Waals surface area contributed by atoms with Gasteiger partial charge < -0.3 is 5.41 Å². The summed E-state index contributed by atoms with van der Waals surface area (Å²) in [6.07, 6.45) is 0. The first-order chi connectivity index (χ1) is 7.88. The van der Waals surface area contributed by atoms with Gasteiger partial charge in [-0.15, -0.1) is 0 Å². The third kappa shape index (κ3) is 2.36. The number of aromatic nitrogens is 1. The highest BCUT2D eigenvalue weighted by molar-refractivity contribution is 5.96. The molecule has 0 aliphatic carbocycles. The number of nitrogens with zero attached hydrogens (tertiary/aromatic N) is 1. The van der Waals surface area contributed by atoms with Crippen LogP contribution in [0.5, 0.6) is 0 Å². The van der Waals surface area contributed by atoms with Gasteiger partial charge in [0.25, 0.3) is 0 Å². The van der Waals surface area contributed by atoms with Gasteiger partial charge in [0, 0.05) is 5.39 Å². The highest BCUT2D eigenvalue weighted by Gasteiger charge is 2.14. The maximum atomic E-state index is 7.62. The first-order valence-electron chi connectivity index (χ1n) is 5.85. The summed E-state index contributed by atoms with van der Waals surface area (Å²) in [5.41, 5.74) is 3.64. The summed E-state index contributed by atoms with van der Waals surface area (Å²) in [5.74, 6) is 0. The van der Waals surface area contributed by atoms with Crippen LogP contribution in [0.25, 0.3) is 10.9 Å². The Morgan fingerprint density at radius 3 is 2.35 bits per heavy atom. The average Bonchev–Trinajstić information content (AvgIpc) is 2.26. The van der Waals surface area contributed by atoms with Crippen LogP contribution < -0.4 is 0 Å². The first-order valence-corrected chi connectivity index (χ1v) is 5.85. The monoisotopic (exact) mass is 226 g/mol. The normalized spacial score (nSPS) is 11.8. The highest BCUT2D eigenvalue weighted by Crippen LogP contribution is 2.25. The molecule has 1 heterocycles. The Kier molecular flexibility index (Phi) is 2.74. The minimum absolute atomic E-state index is 0.131. The number of benzene rings is 1. The van der Waals surface area contributed by atoms with Gasteiger partial charge in [-0.1, -0.05) is 39.0 Å². The fraction of sp³-hybridized carbons (Fsp3) is 0.333. The molecule has 0 radical (unpaired) electrons. The molecular formula is C15H18N2. The molecule has 0 amide bonds. The van der Waals surface area contributed by atoms with Crippen molar-refractivity contribution in [2.45, 2.75) is 33.1 Å². The van der Waals surface area contributed by atoms with E-state index in [9.17, 15) is 0 Å². The fourth-order valence-electron chi connectivity index (χ4n) is 1.79. The first kappa shape index (κ1) is 11.8. The lowest BCUT2D eigenvalue weighted by atomic mass is 9.86. The van der Waals surface area contributed by atoms with E-state index in [4.69, 9.17) is 5.41 Å². The van der Waals surface area contributed by atoms with E-state index in [1.54, 1.807) is 6.92 Å². The van der Waals surface area contributed by atoms with Gasteiger partial charge in [0.2, 0.25) is 0 Å². The highest BCUT2D eigenvalue weighted by atomic mass is 14.7. The summed E-state index contributed by atoms with van der Waals surface area (Å²) in [6.45, 7) is 8.35. The standard InChI is InChI=1S/C15H18N2/c1-10(16)13-8-6-11-5-7-12(15(2,3)4)9-14(11)17-13/h5-9,16H,1-4H3. The van der Waals surface area contributed by atoms with Crippen molar-refractivity contribution >= 4 is 16.6 Å². The number of hydrogen-bond donors (Lipinski definition) is 1. The van der Waals surface area contributed by atoms with E-state index in [2.05, 4.69) is 44.0 Å². The largest absolute Gasteiger partial charge is 0.303 e. The van der Waals surface area contributed by atoms with Crippen molar-refractivity contribution in [1.29, 1.82) is 5.41 Å². The molecule has 0 aliphatic rings. The lowest BCUT2D eigenvalue weighted by Crippen LogP contribution is -2.10. The molecule has 0 spiro atoms. The van der Waals surface area contributed by atoms with Crippen molar-refractivity contribution in [1.82, 2.24) is 4.98 Å². The summed E-state index contributed by atoms with van der Waals surface area (Å²) in [6, 6.07) is 10.3. The van der Waals surface area contributed by atoms with Gasteiger partial charge in [-0.2, -0.15) is 0 Å². The molecule has 0 saturated carbocycles. The molecule has 2 nitrogen and oxygen atoms in total. The van der Waals surface area contributed by atoms with Crippen molar-refractivity contribution < 1.29 is 0 Å². The molecule has 17 heavy (non-hydrogen) atoms. The van der Waals surface area contributed by atoms with Crippen LogP contribution in [0.4, 0.5) is 0 Å². The number of pyridine rings is 1. The summed E-state index contributed by atoms with van der Waals surface area (Å²) >= 11 is 0. The zero-order valence-electron chi connectivity index (χ0n) is 10.8. The second-order valence-corrected chi connectivity index (χ2v) is 5.48. The number of hydrogen-bond acceptors (Lipinski definition) is 2. The topological polar surface area (TPSA) is 36.7 Å². The molecule has 2 heteroatoms. The number of nitrogens with one attached hydrogen (secondary N) is 1. The van der Waals surface area contributed by atoms with Gasteiger partial charge in [0.15, 0.2) is 0 Å². The maximum Gasteiger partial charge on any atom is 0.0842 e. The SMILES string of the molecule is CC(=N)c1ccc2ccc(C(C)(C)C)cc2n1. The van der Waals surface area contributed by atoms with Gasteiger partial charge in [-0.25, -0.2) is 4.98 Å². The molecule has 88 valence electrons. The molecule has 0 atom stereocenters. The van der Waals surface area contributed by atoms with Gasteiger partial charge in [0.1, 0.15) is 0 Å². The van der Waals surface area contributed by atoms with E-state index in [0.29, 0.717) is 5.71 Å². The second kappa shape index (κ2) is 3.95. The Balaban J connectivity index is 2.62. The summed E-state index contributed by atoms with van der Waals surface area (Å²) in [7, 11) is 0. The van der Waals surface area contributed by atoms with E-state index in [1.807, 2.05) is 12.1 Å². The fourth-order valence-corrected chi connectivity index (χ4v) is 1.79. The van der Waals surface area contributed by atoms with E-state index < -0.39 is 0 Å². The van der Waals surface area contributed by atoms with Crippen molar-refractivity contribution in [3.05, 3.63) is 41.6 Å². The van der Waals surface area contributed by atoms with Crippen LogP contribution >= 0.6 is 0 Å². The average molecular weight is 226 g/mol. The molecular weight excluding hydrogens is 208 g/mol. The predicted octanol–water partition coefficient (Wildman–Crippen LogP) is 3.92. The smallest absolute Gasteiger partial charge is 0.0842 e. The predicted molar refractivity (Wildman–Crippen MR) is 72.9 cm³/mol. The van der Waals surface area contributed by atoms with Crippen LogP contribution in [0.15, 0.2) is 30.3 Å². The van der Waals surface area contributed by atoms with E-state index in [1.165, 1.54) is 5.56 Å². The van der Waals surface area contributed by atoms with Crippen molar-refractivity contribution in [3.63, 3.8) is 0 Å². The Bertz CT molecular complexity index is 577. The van der Waals surface area contributed by atoms with E-state index >= 15 is 0 Å². The zero-order chi connectivity index (χ0) is 12.6. The van der Waals surface area contributed by atoms with Crippen LogP contribution in [-0.2, 0) is 5.41 Å². The van der Waals surface area contributed by atoms with Crippen molar-refractivity contribution in [2.75, 3.05) is 0 Å². The molecule has 1 aromatic heterocycles. The number of rotatable bonds is 1. The van der Waals surface area contributed by atoms with E-state index in [-0.39, 0.29) is 5.41 Å². The van der Waals surface area contributed by atoms with Gasteiger partial charge in [0.05, 0.1) is 16.9 Å². The summed E-state index contributed by atoms with van der Waals surface area (Å²) < 4.78 is 0. The van der Waals surface area contributed by atoms with E-state index in [0.717, 1.165) is 16.6 Å². The third-order valence-corrected chi connectivity index (χ3v) is 2.94. The Morgan fingerprint density at radius 2 is 1.76 bits per heavy atom. The van der Waals surface area contributed by atoms with Gasteiger partial charge >= 0.3 is 0 Å². The molecule has 2 aromatic rings. The molecule has 0 unspecified atom stereocenters. The summed E-state index contributed by atoms with van der Waals surface area (Å²) in [4.78, 5) is 4.52. The second-order valence-electron chi connectivity index (χ2n) is 5.48.